The van der Waals surface area contributed by atoms with Crippen LogP contribution in [0.15, 0.2) is 152 Å². The highest BCUT2D eigenvalue weighted by molar-refractivity contribution is 6.09. The Morgan fingerprint density at radius 1 is 0.395 bits per heavy atom. The molecule has 43 heavy (non-hydrogen) atoms. The molecule has 0 saturated carbocycles. The van der Waals surface area contributed by atoms with Crippen LogP contribution in [0.2, 0.25) is 0 Å². The molecule has 0 amide bonds. The van der Waals surface area contributed by atoms with Crippen molar-refractivity contribution >= 4 is 49.1 Å². The molecular formula is C40H25N3. The Kier molecular flexibility index (Phi) is 5.20. The van der Waals surface area contributed by atoms with Gasteiger partial charge in [0.15, 0.2) is 5.65 Å². The first-order valence-electron chi connectivity index (χ1n) is 14.6. The lowest BCUT2D eigenvalue weighted by Gasteiger charge is -2.11. The Balaban J connectivity index is 1.14. The zero-order chi connectivity index (χ0) is 28.3. The van der Waals surface area contributed by atoms with Crippen LogP contribution in [0.3, 0.4) is 0 Å². The van der Waals surface area contributed by atoms with E-state index >= 15 is 0 Å². The lowest BCUT2D eigenvalue weighted by molar-refractivity contribution is 1.19. The summed E-state index contributed by atoms with van der Waals surface area (Å²) in [5, 5.41) is 7.21. The average Bonchev–Trinajstić information content (AvgIpc) is 3.46. The zero-order valence-electron chi connectivity index (χ0n) is 23.3. The molecule has 3 aromatic heterocycles. The molecule has 9 rings (SSSR count). The first kappa shape index (κ1) is 23.9. The third kappa shape index (κ3) is 3.90. The van der Waals surface area contributed by atoms with Crippen molar-refractivity contribution in [2.75, 3.05) is 0 Å². The Morgan fingerprint density at radius 2 is 0.977 bits per heavy atom. The van der Waals surface area contributed by atoms with Crippen molar-refractivity contribution in [3.05, 3.63) is 152 Å². The quantitative estimate of drug-likeness (QED) is 0.220. The molecule has 0 atom stereocenters. The molecule has 0 aliphatic rings. The fourth-order valence-corrected chi connectivity index (χ4v) is 6.37. The largest absolute Gasteiger partial charge is 0.284 e. The van der Waals surface area contributed by atoms with Crippen LogP contribution in [0.5, 0.6) is 0 Å². The molecule has 3 heteroatoms. The molecule has 9 aromatic rings. The molecule has 0 N–H and O–H groups in total. The van der Waals surface area contributed by atoms with Gasteiger partial charge in [-0.05, 0) is 80.2 Å². The van der Waals surface area contributed by atoms with Gasteiger partial charge in [-0.1, -0.05) is 109 Å². The third-order valence-corrected chi connectivity index (χ3v) is 8.55. The second-order valence-corrected chi connectivity index (χ2v) is 11.1. The molecule has 0 bridgehead atoms. The number of nitrogens with zero attached hydrogens (tertiary/aromatic N) is 3. The molecule has 200 valence electrons. The minimum absolute atomic E-state index is 0.877. The molecular weight excluding hydrogens is 522 g/mol. The number of rotatable bonds is 3. The first-order valence-corrected chi connectivity index (χ1v) is 14.6. The van der Waals surface area contributed by atoms with Gasteiger partial charge < -0.3 is 0 Å². The number of imidazole rings is 1. The van der Waals surface area contributed by atoms with Crippen molar-refractivity contribution in [1.82, 2.24) is 14.4 Å². The highest BCUT2D eigenvalue weighted by Gasteiger charge is 2.15. The van der Waals surface area contributed by atoms with Crippen LogP contribution in [0.25, 0.3) is 82.6 Å². The predicted molar refractivity (Wildman–Crippen MR) is 179 cm³/mol. The van der Waals surface area contributed by atoms with Crippen LogP contribution < -0.4 is 0 Å². The standard InChI is InChI=1S/C40H25N3/c1-2-9-27-22-30(16-15-26(27)8-1)32-20-19-31-23-29(17-18-33(31)24-32)28-10-7-11-34(25-28)38-35-12-3-4-13-36(35)39-40(42-38)43-21-6-5-14-37(43)41-39/h1-25H. The maximum absolute atomic E-state index is 5.20. The lowest BCUT2D eigenvalue weighted by Crippen LogP contribution is -1.92. The number of pyridine rings is 2. The van der Waals surface area contributed by atoms with Gasteiger partial charge in [0, 0.05) is 22.5 Å². The second-order valence-electron chi connectivity index (χ2n) is 11.1. The Bertz CT molecular complexity index is 2520. The van der Waals surface area contributed by atoms with E-state index in [2.05, 4.69) is 132 Å². The van der Waals surface area contributed by atoms with Gasteiger partial charge in [0.1, 0.15) is 11.2 Å². The van der Waals surface area contributed by atoms with Crippen LogP contribution in [0, 0.1) is 0 Å². The summed E-state index contributed by atoms with van der Waals surface area (Å²) in [5.74, 6) is 0. The van der Waals surface area contributed by atoms with Crippen molar-refractivity contribution in [2.45, 2.75) is 0 Å². The van der Waals surface area contributed by atoms with E-state index in [-0.39, 0.29) is 0 Å². The molecule has 0 saturated heterocycles. The summed E-state index contributed by atoms with van der Waals surface area (Å²) < 4.78 is 2.07. The number of hydrogen-bond acceptors (Lipinski definition) is 2. The highest BCUT2D eigenvalue weighted by Crippen LogP contribution is 2.35. The van der Waals surface area contributed by atoms with Gasteiger partial charge in [0.25, 0.3) is 0 Å². The smallest absolute Gasteiger partial charge is 0.165 e. The molecule has 3 nitrogen and oxygen atoms in total. The van der Waals surface area contributed by atoms with Crippen LogP contribution in [-0.2, 0) is 0 Å². The SMILES string of the molecule is c1cc(-c2ccc3cc(-c4ccc5ccccc5c4)ccc3c2)cc(-c2nc3c(nc4ccccn43)c3ccccc23)c1. The molecule has 0 aliphatic heterocycles. The molecule has 0 fully saturated rings. The van der Waals surface area contributed by atoms with Gasteiger partial charge in [-0.2, -0.15) is 0 Å². The van der Waals surface area contributed by atoms with E-state index in [1.807, 2.05) is 24.4 Å². The summed E-state index contributed by atoms with van der Waals surface area (Å²) in [7, 11) is 0. The third-order valence-electron chi connectivity index (χ3n) is 8.55. The minimum Gasteiger partial charge on any atom is -0.284 e. The maximum Gasteiger partial charge on any atom is 0.165 e. The molecule has 6 aromatic carbocycles. The summed E-state index contributed by atoms with van der Waals surface area (Å²) in [6, 6.07) is 52.0. The van der Waals surface area contributed by atoms with E-state index in [1.54, 1.807) is 0 Å². The maximum atomic E-state index is 5.20. The average molecular weight is 548 g/mol. The number of benzene rings is 6. The fraction of sp³-hybridized carbons (Fsp3) is 0. The summed E-state index contributed by atoms with van der Waals surface area (Å²) in [5.41, 5.74) is 9.59. The van der Waals surface area contributed by atoms with Gasteiger partial charge in [-0.15, -0.1) is 0 Å². The van der Waals surface area contributed by atoms with Gasteiger partial charge in [0.2, 0.25) is 0 Å². The lowest BCUT2D eigenvalue weighted by atomic mass is 9.95. The highest BCUT2D eigenvalue weighted by atomic mass is 15.1. The summed E-state index contributed by atoms with van der Waals surface area (Å²) >= 11 is 0. The van der Waals surface area contributed by atoms with Crippen molar-refractivity contribution in [3.8, 4) is 33.5 Å². The predicted octanol–water partition coefficient (Wildman–Crippen LogP) is 10.3. The fourth-order valence-electron chi connectivity index (χ4n) is 6.37. The number of hydrogen-bond donors (Lipinski definition) is 0. The Morgan fingerprint density at radius 3 is 1.74 bits per heavy atom. The number of aromatic nitrogens is 3. The van der Waals surface area contributed by atoms with E-state index in [9.17, 15) is 0 Å². The zero-order valence-corrected chi connectivity index (χ0v) is 23.3. The van der Waals surface area contributed by atoms with Crippen LogP contribution in [0.1, 0.15) is 0 Å². The summed E-state index contributed by atoms with van der Waals surface area (Å²) in [6.07, 6.45) is 2.03. The molecule has 0 radical (unpaired) electrons. The summed E-state index contributed by atoms with van der Waals surface area (Å²) in [4.78, 5) is 10.1. The minimum atomic E-state index is 0.877. The molecule has 0 spiro atoms. The van der Waals surface area contributed by atoms with Crippen molar-refractivity contribution in [1.29, 1.82) is 0 Å². The van der Waals surface area contributed by atoms with Gasteiger partial charge in [-0.3, -0.25) is 4.40 Å². The van der Waals surface area contributed by atoms with Crippen molar-refractivity contribution in [2.24, 2.45) is 0 Å². The molecule has 0 unspecified atom stereocenters. The molecule has 0 aliphatic carbocycles. The van der Waals surface area contributed by atoms with Gasteiger partial charge >= 0.3 is 0 Å². The number of fused-ring (bicyclic) bond motifs is 7. The molecule has 3 heterocycles. The topological polar surface area (TPSA) is 30.2 Å². The Labute approximate surface area is 248 Å². The van der Waals surface area contributed by atoms with Crippen LogP contribution in [-0.4, -0.2) is 14.4 Å². The van der Waals surface area contributed by atoms with Crippen molar-refractivity contribution in [3.63, 3.8) is 0 Å². The van der Waals surface area contributed by atoms with Gasteiger partial charge in [-0.25, -0.2) is 9.97 Å². The van der Waals surface area contributed by atoms with E-state index in [0.717, 1.165) is 38.8 Å². The van der Waals surface area contributed by atoms with Crippen molar-refractivity contribution < 1.29 is 0 Å². The second kappa shape index (κ2) is 9.37. The van der Waals surface area contributed by atoms with E-state index in [1.165, 1.54) is 43.8 Å². The normalized spacial score (nSPS) is 11.7. The first-order chi connectivity index (χ1) is 21.3. The Hall–Kier alpha value is -5.80. The van der Waals surface area contributed by atoms with Crippen LogP contribution in [0.4, 0.5) is 0 Å². The van der Waals surface area contributed by atoms with E-state index < -0.39 is 0 Å². The monoisotopic (exact) mass is 547 g/mol. The van der Waals surface area contributed by atoms with E-state index in [4.69, 9.17) is 9.97 Å². The summed E-state index contributed by atoms with van der Waals surface area (Å²) in [6.45, 7) is 0. The van der Waals surface area contributed by atoms with Crippen LogP contribution >= 0.6 is 0 Å². The van der Waals surface area contributed by atoms with E-state index in [0.29, 0.717) is 0 Å². The van der Waals surface area contributed by atoms with Gasteiger partial charge in [0.05, 0.1) is 5.69 Å².